The van der Waals surface area contributed by atoms with E-state index in [1.54, 1.807) is 0 Å². The number of ether oxygens (including phenoxy) is 8. The lowest BCUT2D eigenvalue weighted by molar-refractivity contribution is -0.191. The van der Waals surface area contributed by atoms with E-state index in [1.807, 2.05) is 0 Å². The second-order valence-corrected chi connectivity index (χ2v) is 11.9. The minimum absolute atomic E-state index is 0.0679. The first-order chi connectivity index (χ1) is 24.3. The average molecular weight is 751 g/mol. The van der Waals surface area contributed by atoms with Gasteiger partial charge in [0.15, 0.2) is 0 Å². The van der Waals surface area contributed by atoms with Crippen molar-refractivity contribution < 1.29 is 87.7 Å². The molecule has 0 fully saturated rings. The summed E-state index contributed by atoms with van der Waals surface area (Å²) in [5.41, 5.74) is 0.354. The first-order valence-electron chi connectivity index (χ1n) is 16.0. The van der Waals surface area contributed by atoms with Crippen molar-refractivity contribution in [2.75, 3.05) is 66.1 Å². The van der Waals surface area contributed by atoms with Gasteiger partial charge in [-0.2, -0.15) is 0 Å². The van der Waals surface area contributed by atoms with E-state index in [0.29, 0.717) is 0 Å². The van der Waals surface area contributed by atoms with Gasteiger partial charge in [0.25, 0.3) is 0 Å². The Balaban J connectivity index is 5.93. The van der Waals surface area contributed by atoms with Crippen LogP contribution >= 0.6 is 0 Å². The van der Waals surface area contributed by atoms with E-state index in [9.17, 15) is 49.8 Å². The molecule has 0 bridgehead atoms. The number of hydrogen-bond acceptors (Lipinski definition) is 18. The van der Waals surface area contributed by atoms with Crippen molar-refractivity contribution in [2.45, 2.75) is 76.5 Å². The summed E-state index contributed by atoms with van der Waals surface area (Å²) in [6, 6.07) is 0. The van der Waals surface area contributed by atoms with Crippen molar-refractivity contribution in [3.63, 3.8) is 0 Å². The predicted octanol–water partition coefficient (Wildman–Crippen LogP) is -1.57. The molecule has 0 aromatic carbocycles. The average Bonchev–Trinajstić information content (AvgIpc) is 3.08. The molecule has 8 unspecified atom stereocenters. The van der Waals surface area contributed by atoms with Crippen LogP contribution in [0, 0.1) is 0 Å². The van der Waals surface area contributed by atoms with E-state index >= 15 is 0 Å². The van der Waals surface area contributed by atoms with Gasteiger partial charge < -0.3 is 68.5 Å². The van der Waals surface area contributed by atoms with Crippen LogP contribution in [-0.4, -0.2) is 169 Å². The second kappa shape index (κ2) is 26.2. The molecule has 0 heterocycles. The lowest BCUT2D eigenvalue weighted by Crippen LogP contribution is -2.52. The van der Waals surface area contributed by atoms with Gasteiger partial charge in [0, 0.05) is 22.3 Å². The van der Waals surface area contributed by atoms with Gasteiger partial charge >= 0.3 is 23.9 Å². The molecule has 0 aromatic heterocycles. The molecule has 0 aliphatic rings. The Kier molecular flexibility index (Phi) is 24.4. The third-order valence-electron chi connectivity index (χ3n) is 6.29. The van der Waals surface area contributed by atoms with E-state index in [2.05, 4.69) is 26.3 Å². The van der Waals surface area contributed by atoms with Crippen LogP contribution in [0.2, 0.25) is 0 Å². The maximum Gasteiger partial charge on any atom is 0.333 e. The Morgan fingerprint density at radius 2 is 0.750 bits per heavy atom. The maximum absolute atomic E-state index is 11.8. The molecule has 298 valence electrons. The molecule has 0 aromatic rings. The zero-order valence-electron chi connectivity index (χ0n) is 30.1. The lowest BCUT2D eigenvalue weighted by atomic mass is 10.0. The third-order valence-corrected chi connectivity index (χ3v) is 6.29. The van der Waals surface area contributed by atoms with Gasteiger partial charge in [0.05, 0.1) is 39.6 Å². The highest BCUT2D eigenvalue weighted by molar-refractivity contribution is 5.88. The van der Waals surface area contributed by atoms with Crippen LogP contribution in [0.3, 0.4) is 0 Å². The molecular weight excluding hydrogens is 696 g/mol. The van der Waals surface area contributed by atoms with E-state index < -0.39 is 139 Å². The first kappa shape index (κ1) is 48.4. The fourth-order valence-corrected chi connectivity index (χ4v) is 3.46. The molecule has 0 radical (unpaired) electrons. The highest BCUT2D eigenvalue weighted by Crippen LogP contribution is 2.16. The number of aliphatic hydroxyl groups is 6. The summed E-state index contributed by atoms with van der Waals surface area (Å²) >= 11 is 0. The Morgan fingerprint density at radius 1 is 0.442 bits per heavy atom. The number of carbonyl (C=O) groups is 4. The molecule has 18 heteroatoms. The summed E-state index contributed by atoms with van der Waals surface area (Å²) in [5.74, 6) is -3.05. The molecular formula is C34H54O18. The van der Waals surface area contributed by atoms with Crippen molar-refractivity contribution in [1.29, 1.82) is 0 Å². The highest BCUT2D eigenvalue weighted by atomic mass is 16.6. The fourth-order valence-electron chi connectivity index (χ4n) is 3.46. The zero-order valence-corrected chi connectivity index (χ0v) is 30.1. The van der Waals surface area contributed by atoms with Gasteiger partial charge in [-0.25, -0.2) is 19.2 Å². The summed E-state index contributed by atoms with van der Waals surface area (Å²) in [6.07, 6.45) is -12.2. The maximum atomic E-state index is 11.8. The molecule has 8 atom stereocenters. The fraction of sp³-hybridized carbons (Fsp3) is 0.647. The van der Waals surface area contributed by atoms with Crippen molar-refractivity contribution in [2.24, 2.45) is 0 Å². The molecule has 0 spiro atoms. The van der Waals surface area contributed by atoms with Crippen molar-refractivity contribution in [3.05, 3.63) is 48.6 Å². The molecule has 0 aliphatic heterocycles. The van der Waals surface area contributed by atoms with E-state index in [-0.39, 0.29) is 22.3 Å². The Morgan fingerprint density at radius 3 is 1.10 bits per heavy atom. The van der Waals surface area contributed by atoms with Crippen LogP contribution in [0.25, 0.3) is 0 Å². The number of aliphatic hydroxyl groups excluding tert-OH is 6. The smallest absolute Gasteiger partial charge is 0.333 e. The van der Waals surface area contributed by atoms with E-state index in [1.165, 1.54) is 27.7 Å². The highest BCUT2D eigenvalue weighted by Gasteiger charge is 2.36. The van der Waals surface area contributed by atoms with Crippen LogP contribution in [0.5, 0.6) is 0 Å². The van der Waals surface area contributed by atoms with Crippen molar-refractivity contribution >= 4 is 23.9 Å². The van der Waals surface area contributed by atoms with Crippen molar-refractivity contribution in [3.8, 4) is 0 Å². The van der Waals surface area contributed by atoms with Crippen LogP contribution < -0.4 is 0 Å². The monoisotopic (exact) mass is 750 g/mol. The normalized spacial score (nSPS) is 15.8. The SMILES string of the molecule is C=C(C)C(=O)OCC(O)COCC(O)C(O)C(OCC(O)COC(=O)C(=C)C)C(COCC(O)COC(=O)C(=C)C)OCC(O)COC(=O)C(=C)C. The molecule has 52 heavy (non-hydrogen) atoms. The van der Waals surface area contributed by atoms with E-state index in [4.69, 9.17) is 37.9 Å². The van der Waals surface area contributed by atoms with Gasteiger partial charge in [0.2, 0.25) is 0 Å². The zero-order chi connectivity index (χ0) is 40.0. The molecule has 0 amide bonds. The Hall–Kier alpha value is -3.56. The number of rotatable bonds is 29. The molecule has 0 saturated heterocycles. The largest absolute Gasteiger partial charge is 0.460 e. The molecule has 0 rings (SSSR count). The van der Waals surface area contributed by atoms with Gasteiger partial charge in [0.1, 0.15) is 75.3 Å². The first-order valence-corrected chi connectivity index (χ1v) is 16.0. The summed E-state index contributed by atoms with van der Waals surface area (Å²) in [7, 11) is 0. The summed E-state index contributed by atoms with van der Waals surface area (Å²) in [4.78, 5) is 46.7. The topological polar surface area (TPSA) is 263 Å². The van der Waals surface area contributed by atoms with Gasteiger partial charge in [-0.05, 0) is 27.7 Å². The minimum atomic E-state index is -1.89. The summed E-state index contributed by atoms with van der Waals surface area (Å²) < 4.78 is 41.8. The molecule has 0 aliphatic carbocycles. The Bertz CT molecular complexity index is 1180. The summed E-state index contributed by atoms with van der Waals surface area (Å²) in [6.45, 7) is 14.2. The standard InChI is InChI=1S/C34H54O18/c1-19(2)31(41)49-13-23(35)9-45-17-27(39)29(40)30(48-12-26(38)16-52-34(44)22(7)8)28(47-11-25(37)15-51-33(43)21(5)6)18-46-10-24(36)14-50-32(42)20(3)4/h23-30,35-40H,1,3,5,7,9-18H2,2,4,6,8H3. The van der Waals surface area contributed by atoms with Crippen LogP contribution in [0.1, 0.15) is 27.7 Å². The Labute approximate surface area is 302 Å². The number of carbonyl (C=O) groups excluding carboxylic acids is 4. The van der Waals surface area contributed by atoms with Crippen molar-refractivity contribution in [1.82, 2.24) is 0 Å². The molecule has 18 nitrogen and oxygen atoms in total. The minimum Gasteiger partial charge on any atom is -0.460 e. The van der Waals surface area contributed by atoms with Crippen LogP contribution in [0.4, 0.5) is 0 Å². The van der Waals surface area contributed by atoms with Gasteiger partial charge in [-0.3, -0.25) is 0 Å². The molecule has 6 N–H and O–H groups in total. The second-order valence-electron chi connectivity index (χ2n) is 11.9. The molecule has 0 saturated carbocycles. The number of hydrogen-bond donors (Lipinski definition) is 6. The quantitative estimate of drug-likeness (QED) is 0.0287. The van der Waals surface area contributed by atoms with Gasteiger partial charge in [-0.1, -0.05) is 26.3 Å². The number of esters is 4. The lowest BCUT2D eigenvalue weighted by Gasteiger charge is -2.34. The van der Waals surface area contributed by atoms with E-state index in [0.717, 1.165) is 0 Å². The third kappa shape index (κ3) is 21.7. The van der Waals surface area contributed by atoms with Crippen LogP contribution in [-0.2, 0) is 57.1 Å². The predicted molar refractivity (Wildman–Crippen MR) is 180 cm³/mol. The van der Waals surface area contributed by atoms with Gasteiger partial charge in [-0.15, -0.1) is 0 Å². The summed E-state index contributed by atoms with van der Waals surface area (Å²) in [5, 5.41) is 63.1. The van der Waals surface area contributed by atoms with Crippen LogP contribution in [0.15, 0.2) is 48.6 Å².